The number of benzene rings is 3. The highest BCUT2D eigenvalue weighted by atomic mass is 35.5. The second kappa shape index (κ2) is 11.2. The molecule has 0 atom stereocenters. The lowest BCUT2D eigenvalue weighted by Gasteiger charge is -2.13. The van der Waals surface area contributed by atoms with E-state index in [0.717, 1.165) is 34.0 Å². The molecule has 1 aliphatic rings. The maximum atomic E-state index is 12.9. The molecule has 1 aliphatic heterocycles. The molecular weight excluding hydrogens is 505 g/mol. The first kappa shape index (κ1) is 25.2. The zero-order valence-corrected chi connectivity index (χ0v) is 21.5. The summed E-state index contributed by atoms with van der Waals surface area (Å²) in [6, 6.07) is 18.5. The summed E-state index contributed by atoms with van der Waals surface area (Å²) in [4.78, 5) is 27.1. The molecule has 0 radical (unpaired) electrons. The first-order chi connectivity index (χ1) is 16.8. The number of imide groups is 1. The first-order valence-corrected chi connectivity index (χ1v) is 12.6. The van der Waals surface area contributed by atoms with Crippen molar-refractivity contribution in [2.75, 3.05) is 6.61 Å². The van der Waals surface area contributed by atoms with Gasteiger partial charge in [-0.15, -0.1) is 0 Å². The van der Waals surface area contributed by atoms with Crippen molar-refractivity contribution in [3.8, 4) is 11.5 Å². The SMILES string of the molecule is CCOc1cc(/C=C2\SC(=O)N(Cc3cccc(C)c3)C2=O)ccc1OCc1ccc(Cl)c(Cl)c1. The molecule has 8 heteroatoms. The monoisotopic (exact) mass is 527 g/mol. The molecule has 0 aliphatic carbocycles. The van der Waals surface area contributed by atoms with Crippen LogP contribution in [-0.2, 0) is 17.9 Å². The van der Waals surface area contributed by atoms with Crippen LogP contribution in [0.15, 0.2) is 65.6 Å². The molecule has 0 saturated carbocycles. The lowest BCUT2D eigenvalue weighted by molar-refractivity contribution is -0.123. The molecule has 35 heavy (non-hydrogen) atoms. The molecule has 0 bridgehead atoms. The van der Waals surface area contributed by atoms with Crippen molar-refractivity contribution in [2.45, 2.75) is 27.0 Å². The molecule has 0 N–H and O–H groups in total. The summed E-state index contributed by atoms with van der Waals surface area (Å²) in [7, 11) is 0. The fraction of sp³-hybridized carbons (Fsp3) is 0.185. The normalized spacial score (nSPS) is 14.6. The van der Waals surface area contributed by atoms with E-state index in [4.69, 9.17) is 32.7 Å². The van der Waals surface area contributed by atoms with E-state index in [1.54, 1.807) is 30.3 Å². The number of halogens is 2. The quantitative estimate of drug-likeness (QED) is 0.283. The molecule has 4 rings (SSSR count). The van der Waals surface area contributed by atoms with Gasteiger partial charge >= 0.3 is 0 Å². The maximum Gasteiger partial charge on any atom is 0.293 e. The Morgan fingerprint density at radius 2 is 1.74 bits per heavy atom. The Kier molecular flexibility index (Phi) is 8.06. The number of hydrogen-bond acceptors (Lipinski definition) is 5. The number of thioether (sulfide) groups is 1. The van der Waals surface area contributed by atoms with Gasteiger partial charge in [0, 0.05) is 0 Å². The molecule has 2 amide bonds. The number of hydrogen-bond donors (Lipinski definition) is 0. The van der Waals surface area contributed by atoms with Crippen LogP contribution in [0.3, 0.4) is 0 Å². The van der Waals surface area contributed by atoms with Crippen LogP contribution >= 0.6 is 35.0 Å². The number of rotatable bonds is 8. The predicted octanol–water partition coefficient (Wildman–Crippen LogP) is 7.52. The zero-order valence-electron chi connectivity index (χ0n) is 19.2. The van der Waals surface area contributed by atoms with E-state index < -0.39 is 0 Å². The van der Waals surface area contributed by atoms with Gasteiger partial charge < -0.3 is 9.47 Å². The average molecular weight is 528 g/mol. The van der Waals surface area contributed by atoms with Gasteiger partial charge in [-0.3, -0.25) is 14.5 Å². The Morgan fingerprint density at radius 1 is 0.914 bits per heavy atom. The number of carbonyl (C=O) groups excluding carboxylic acids is 2. The summed E-state index contributed by atoms with van der Waals surface area (Å²) in [5.74, 6) is 0.794. The molecule has 0 unspecified atom stereocenters. The largest absolute Gasteiger partial charge is 0.490 e. The fourth-order valence-electron chi connectivity index (χ4n) is 3.57. The van der Waals surface area contributed by atoms with Crippen LogP contribution in [0.1, 0.15) is 29.2 Å². The number of ether oxygens (including phenoxy) is 2. The Labute approximate surface area is 218 Å². The summed E-state index contributed by atoms with van der Waals surface area (Å²) in [6.45, 7) is 4.83. The summed E-state index contributed by atoms with van der Waals surface area (Å²) >= 11 is 13.0. The van der Waals surface area contributed by atoms with Gasteiger partial charge in [0.05, 0.1) is 28.1 Å². The smallest absolute Gasteiger partial charge is 0.293 e. The second-order valence-corrected chi connectivity index (χ2v) is 9.74. The van der Waals surface area contributed by atoms with Crippen LogP contribution in [0, 0.1) is 6.92 Å². The highest BCUT2D eigenvalue weighted by molar-refractivity contribution is 8.18. The summed E-state index contributed by atoms with van der Waals surface area (Å²) in [6.07, 6.45) is 1.70. The lowest BCUT2D eigenvalue weighted by atomic mass is 10.1. The van der Waals surface area contributed by atoms with Crippen LogP contribution in [-0.4, -0.2) is 22.7 Å². The Morgan fingerprint density at radius 3 is 2.49 bits per heavy atom. The van der Waals surface area contributed by atoms with Crippen molar-refractivity contribution in [3.05, 3.63) is 97.9 Å². The van der Waals surface area contributed by atoms with Crippen molar-refractivity contribution in [3.63, 3.8) is 0 Å². The number of carbonyl (C=O) groups is 2. The van der Waals surface area contributed by atoms with Crippen LogP contribution in [0.4, 0.5) is 4.79 Å². The van der Waals surface area contributed by atoms with E-state index in [1.807, 2.05) is 50.2 Å². The fourth-order valence-corrected chi connectivity index (χ4v) is 4.73. The van der Waals surface area contributed by atoms with Gasteiger partial charge in [0.1, 0.15) is 6.61 Å². The lowest BCUT2D eigenvalue weighted by Crippen LogP contribution is -2.27. The molecule has 5 nitrogen and oxygen atoms in total. The minimum absolute atomic E-state index is 0.245. The third kappa shape index (κ3) is 6.20. The number of aryl methyl sites for hydroxylation is 1. The van der Waals surface area contributed by atoms with Crippen LogP contribution < -0.4 is 9.47 Å². The molecule has 3 aromatic carbocycles. The van der Waals surface area contributed by atoms with Gasteiger partial charge in [-0.05, 0) is 72.6 Å². The van der Waals surface area contributed by atoms with E-state index in [1.165, 1.54) is 4.90 Å². The van der Waals surface area contributed by atoms with Gasteiger partial charge in [0.2, 0.25) is 0 Å². The van der Waals surface area contributed by atoms with Gasteiger partial charge in [-0.25, -0.2) is 0 Å². The highest BCUT2D eigenvalue weighted by Crippen LogP contribution is 2.36. The highest BCUT2D eigenvalue weighted by Gasteiger charge is 2.35. The molecule has 3 aromatic rings. The number of nitrogens with zero attached hydrogens (tertiary/aromatic N) is 1. The molecule has 1 saturated heterocycles. The second-order valence-electron chi connectivity index (χ2n) is 7.93. The van der Waals surface area contributed by atoms with Crippen molar-refractivity contribution in [1.82, 2.24) is 4.90 Å². The van der Waals surface area contributed by atoms with Crippen molar-refractivity contribution in [2.24, 2.45) is 0 Å². The van der Waals surface area contributed by atoms with E-state index in [9.17, 15) is 9.59 Å². The van der Waals surface area contributed by atoms with Gasteiger partial charge in [-0.2, -0.15) is 0 Å². The molecule has 1 fully saturated rings. The standard InChI is InChI=1S/C27H23Cl2NO4S/c1-3-33-24-13-18(8-10-23(24)34-16-20-7-9-21(28)22(29)12-20)14-25-26(31)30(27(32)35-25)15-19-6-4-5-17(2)11-19/h4-14H,3,15-16H2,1-2H3/b25-14-. The minimum Gasteiger partial charge on any atom is -0.490 e. The Hall–Kier alpha value is -2.93. The third-order valence-corrected chi connectivity index (χ3v) is 6.89. The summed E-state index contributed by atoms with van der Waals surface area (Å²) < 4.78 is 11.7. The van der Waals surface area contributed by atoms with Crippen LogP contribution in [0.5, 0.6) is 11.5 Å². The van der Waals surface area contributed by atoms with E-state index in [0.29, 0.717) is 33.1 Å². The molecule has 0 aromatic heterocycles. The predicted molar refractivity (Wildman–Crippen MR) is 141 cm³/mol. The number of amides is 2. The van der Waals surface area contributed by atoms with Crippen LogP contribution in [0.25, 0.3) is 6.08 Å². The molecule has 0 spiro atoms. The van der Waals surface area contributed by atoms with Gasteiger partial charge in [0.15, 0.2) is 11.5 Å². The van der Waals surface area contributed by atoms with Crippen molar-refractivity contribution >= 4 is 52.2 Å². The molecule has 1 heterocycles. The van der Waals surface area contributed by atoms with Crippen LogP contribution in [0.2, 0.25) is 10.0 Å². The first-order valence-electron chi connectivity index (χ1n) is 11.0. The van der Waals surface area contributed by atoms with Crippen molar-refractivity contribution in [1.29, 1.82) is 0 Å². The summed E-state index contributed by atoms with van der Waals surface area (Å²) in [5, 5.41) is 0.664. The van der Waals surface area contributed by atoms with E-state index in [2.05, 4.69) is 0 Å². The Balaban J connectivity index is 1.50. The van der Waals surface area contributed by atoms with E-state index >= 15 is 0 Å². The van der Waals surface area contributed by atoms with Gasteiger partial charge in [-0.1, -0.05) is 65.2 Å². The Bertz CT molecular complexity index is 1310. The minimum atomic E-state index is -0.306. The zero-order chi connectivity index (χ0) is 24.9. The topological polar surface area (TPSA) is 55.8 Å². The third-order valence-electron chi connectivity index (χ3n) is 5.24. The van der Waals surface area contributed by atoms with Crippen molar-refractivity contribution < 1.29 is 19.1 Å². The molecule has 180 valence electrons. The maximum absolute atomic E-state index is 12.9. The summed E-state index contributed by atoms with van der Waals surface area (Å²) in [5.41, 5.74) is 3.59. The molecular formula is C27H23Cl2NO4S. The average Bonchev–Trinajstić information content (AvgIpc) is 3.08. The van der Waals surface area contributed by atoms with E-state index in [-0.39, 0.29) is 24.3 Å². The van der Waals surface area contributed by atoms with Gasteiger partial charge in [0.25, 0.3) is 11.1 Å².